The molecule has 29 heavy (non-hydrogen) atoms. The molecule has 0 aromatic carbocycles. The second-order valence-electron chi connectivity index (χ2n) is 7.46. The summed E-state index contributed by atoms with van der Waals surface area (Å²) in [5.74, 6) is 2.10. The van der Waals surface area contributed by atoms with Crippen LogP contribution in [0.5, 0.6) is 0 Å². The van der Waals surface area contributed by atoms with Crippen LogP contribution in [0.2, 0.25) is 0 Å². The van der Waals surface area contributed by atoms with Gasteiger partial charge in [0.1, 0.15) is 11.6 Å². The number of nitrogens with one attached hydrogen (secondary N) is 1. The predicted molar refractivity (Wildman–Crippen MR) is 111 cm³/mol. The van der Waals surface area contributed by atoms with Gasteiger partial charge in [0.15, 0.2) is 5.78 Å². The molecule has 8 heteroatoms. The van der Waals surface area contributed by atoms with Gasteiger partial charge in [-0.05, 0) is 12.1 Å². The van der Waals surface area contributed by atoms with E-state index in [1.54, 1.807) is 12.3 Å². The molecule has 2 N–H and O–H groups in total. The standard InChI is InChI=1S/C21H27N5O3/c1-2-5-22-20-19-16(13-15(14-17(19)28)18-4-3-12-29-18)23-21(24-20)26-8-6-25(7-9-26)10-11-27/h2-4,12,15,27H,1,5-11,13-14H2,(H,22,23,24). The van der Waals surface area contributed by atoms with E-state index in [9.17, 15) is 4.79 Å². The van der Waals surface area contributed by atoms with Crippen LogP contribution >= 0.6 is 0 Å². The summed E-state index contributed by atoms with van der Waals surface area (Å²) in [4.78, 5) is 26.8. The van der Waals surface area contributed by atoms with Crippen molar-refractivity contribution in [1.29, 1.82) is 0 Å². The fourth-order valence-electron chi connectivity index (χ4n) is 4.04. The van der Waals surface area contributed by atoms with Crippen LogP contribution in [0.4, 0.5) is 11.8 Å². The van der Waals surface area contributed by atoms with Gasteiger partial charge in [-0.2, -0.15) is 4.98 Å². The third kappa shape index (κ3) is 4.18. The minimum Gasteiger partial charge on any atom is -0.469 e. The molecule has 3 heterocycles. The molecule has 1 aliphatic carbocycles. The highest BCUT2D eigenvalue weighted by atomic mass is 16.3. The Morgan fingerprint density at radius 1 is 1.28 bits per heavy atom. The Kier molecular flexibility index (Phi) is 5.92. The van der Waals surface area contributed by atoms with Crippen molar-refractivity contribution in [2.75, 3.05) is 56.1 Å². The van der Waals surface area contributed by atoms with Crippen molar-refractivity contribution in [2.24, 2.45) is 0 Å². The van der Waals surface area contributed by atoms with Crippen molar-refractivity contribution < 1.29 is 14.3 Å². The van der Waals surface area contributed by atoms with Crippen LogP contribution in [-0.4, -0.2) is 71.6 Å². The maximum atomic E-state index is 12.9. The van der Waals surface area contributed by atoms with Crippen LogP contribution in [0.3, 0.4) is 0 Å². The monoisotopic (exact) mass is 397 g/mol. The Hall–Kier alpha value is -2.71. The highest BCUT2D eigenvalue weighted by Crippen LogP contribution is 2.35. The minimum absolute atomic E-state index is 0.00130. The summed E-state index contributed by atoms with van der Waals surface area (Å²) in [6.45, 7) is 8.41. The fourth-order valence-corrected chi connectivity index (χ4v) is 4.04. The van der Waals surface area contributed by atoms with Gasteiger partial charge in [-0.3, -0.25) is 9.69 Å². The molecule has 1 atom stereocenters. The molecule has 1 saturated heterocycles. The third-order valence-corrected chi connectivity index (χ3v) is 5.55. The van der Waals surface area contributed by atoms with Crippen LogP contribution in [0.25, 0.3) is 0 Å². The van der Waals surface area contributed by atoms with Crippen molar-refractivity contribution in [3.05, 3.63) is 48.1 Å². The average Bonchev–Trinajstić information content (AvgIpc) is 3.27. The second kappa shape index (κ2) is 8.75. The number of hydrogen-bond donors (Lipinski definition) is 2. The quantitative estimate of drug-likeness (QED) is 0.682. The number of hydrogen-bond acceptors (Lipinski definition) is 8. The molecule has 0 radical (unpaired) electrons. The highest BCUT2D eigenvalue weighted by Gasteiger charge is 2.33. The zero-order valence-corrected chi connectivity index (χ0v) is 16.5. The van der Waals surface area contributed by atoms with Gasteiger partial charge < -0.3 is 19.7 Å². The first-order valence-corrected chi connectivity index (χ1v) is 10.1. The van der Waals surface area contributed by atoms with E-state index in [4.69, 9.17) is 19.5 Å². The Morgan fingerprint density at radius 3 is 2.79 bits per heavy atom. The van der Waals surface area contributed by atoms with E-state index in [0.29, 0.717) is 43.3 Å². The molecule has 4 rings (SSSR count). The number of aliphatic hydroxyl groups excluding tert-OH is 1. The van der Waals surface area contributed by atoms with Crippen LogP contribution < -0.4 is 10.2 Å². The zero-order valence-electron chi connectivity index (χ0n) is 16.5. The molecule has 0 spiro atoms. The van der Waals surface area contributed by atoms with Gasteiger partial charge in [0.2, 0.25) is 5.95 Å². The van der Waals surface area contributed by atoms with Gasteiger partial charge in [0.25, 0.3) is 0 Å². The van der Waals surface area contributed by atoms with Crippen LogP contribution in [0.1, 0.15) is 34.2 Å². The van der Waals surface area contributed by atoms with Crippen molar-refractivity contribution in [3.8, 4) is 0 Å². The van der Waals surface area contributed by atoms with Gasteiger partial charge in [0.05, 0.1) is 24.1 Å². The summed E-state index contributed by atoms with van der Waals surface area (Å²) >= 11 is 0. The molecular formula is C21H27N5O3. The molecule has 0 saturated carbocycles. The van der Waals surface area contributed by atoms with Crippen molar-refractivity contribution in [3.63, 3.8) is 0 Å². The molecule has 8 nitrogen and oxygen atoms in total. The molecule has 1 aliphatic heterocycles. The number of Topliss-reactive ketones (excluding diaryl/α,β-unsaturated/α-hetero) is 1. The van der Waals surface area contributed by atoms with E-state index >= 15 is 0 Å². The van der Waals surface area contributed by atoms with Gasteiger partial charge in [-0.15, -0.1) is 6.58 Å². The normalized spacial score (nSPS) is 19.8. The summed E-state index contributed by atoms with van der Waals surface area (Å²) in [6.07, 6.45) is 4.44. The van der Waals surface area contributed by atoms with E-state index in [-0.39, 0.29) is 18.3 Å². The maximum absolute atomic E-state index is 12.9. The number of furan rings is 1. The number of ketones is 1. The van der Waals surface area contributed by atoms with E-state index in [1.807, 2.05) is 12.1 Å². The number of aliphatic hydroxyl groups is 1. The Morgan fingerprint density at radius 2 is 2.10 bits per heavy atom. The first kappa shape index (κ1) is 19.6. The van der Waals surface area contributed by atoms with Crippen molar-refractivity contribution in [1.82, 2.24) is 14.9 Å². The predicted octanol–water partition coefficient (Wildman–Crippen LogP) is 1.69. The highest BCUT2D eigenvalue weighted by molar-refractivity contribution is 6.03. The average molecular weight is 397 g/mol. The van der Waals surface area contributed by atoms with Crippen LogP contribution in [0.15, 0.2) is 35.5 Å². The Bertz CT molecular complexity index is 859. The van der Waals surface area contributed by atoms with Gasteiger partial charge in [-0.25, -0.2) is 4.98 Å². The lowest BCUT2D eigenvalue weighted by molar-refractivity contribution is 0.0959. The molecular weight excluding hydrogens is 370 g/mol. The third-order valence-electron chi connectivity index (χ3n) is 5.55. The number of aromatic nitrogens is 2. The van der Waals surface area contributed by atoms with E-state index < -0.39 is 0 Å². The summed E-state index contributed by atoms with van der Waals surface area (Å²) in [7, 11) is 0. The number of carbonyl (C=O) groups excluding carboxylic acids is 1. The molecule has 154 valence electrons. The van der Waals surface area contributed by atoms with Crippen molar-refractivity contribution >= 4 is 17.5 Å². The summed E-state index contributed by atoms with van der Waals surface area (Å²) in [6, 6.07) is 3.77. The van der Waals surface area contributed by atoms with E-state index in [0.717, 1.165) is 37.6 Å². The molecule has 0 bridgehead atoms. The number of rotatable bonds is 7. The largest absolute Gasteiger partial charge is 0.469 e. The number of piperazine rings is 1. The lowest BCUT2D eigenvalue weighted by atomic mass is 9.84. The summed E-state index contributed by atoms with van der Waals surface area (Å²) in [5, 5.41) is 12.4. The lowest BCUT2D eigenvalue weighted by Crippen LogP contribution is -2.48. The first-order valence-electron chi connectivity index (χ1n) is 10.1. The van der Waals surface area contributed by atoms with Gasteiger partial charge >= 0.3 is 0 Å². The maximum Gasteiger partial charge on any atom is 0.227 e. The Labute approximate surface area is 170 Å². The number of anilines is 2. The number of nitrogens with zero attached hydrogens (tertiary/aromatic N) is 4. The van der Waals surface area contributed by atoms with E-state index in [1.165, 1.54) is 0 Å². The topological polar surface area (TPSA) is 94.7 Å². The molecule has 1 unspecified atom stereocenters. The smallest absolute Gasteiger partial charge is 0.227 e. The first-order chi connectivity index (χ1) is 14.2. The molecule has 2 aliphatic rings. The van der Waals surface area contributed by atoms with Crippen molar-refractivity contribution in [2.45, 2.75) is 18.8 Å². The van der Waals surface area contributed by atoms with Crippen LogP contribution in [0, 0.1) is 0 Å². The zero-order chi connectivity index (χ0) is 20.2. The number of fused-ring (bicyclic) bond motifs is 1. The summed E-state index contributed by atoms with van der Waals surface area (Å²) < 4.78 is 5.55. The van der Waals surface area contributed by atoms with E-state index in [2.05, 4.69) is 21.7 Å². The lowest BCUT2D eigenvalue weighted by Gasteiger charge is -2.35. The molecule has 2 aromatic heterocycles. The molecule has 2 aromatic rings. The molecule has 0 amide bonds. The number of carbonyl (C=O) groups is 1. The minimum atomic E-state index is 0.00130. The number of β-amino-alcohol motifs (C(OH)–C–C–N with tert-alkyl or cyclic N) is 1. The Balaban J connectivity index is 1.63. The SMILES string of the molecule is C=CCNc1nc(N2CCN(CCO)CC2)nc2c1C(=O)CC(c1ccco1)C2. The second-order valence-corrected chi connectivity index (χ2v) is 7.46. The molecule has 1 fully saturated rings. The van der Waals surface area contributed by atoms with Gasteiger partial charge in [-0.1, -0.05) is 6.08 Å². The van der Waals surface area contributed by atoms with Crippen LogP contribution in [-0.2, 0) is 6.42 Å². The van der Waals surface area contributed by atoms with Gasteiger partial charge in [0, 0.05) is 58.0 Å². The fraction of sp³-hybridized carbons (Fsp3) is 0.476. The summed E-state index contributed by atoms with van der Waals surface area (Å²) in [5.41, 5.74) is 1.37.